The molecule has 0 saturated heterocycles. The van der Waals surface area contributed by atoms with E-state index in [-0.39, 0.29) is 0 Å². The first kappa shape index (κ1) is 12.8. The van der Waals surface area contributed by atoms with Gasteiger partial charge < -0.3 is 14.6 Å². The molecule has 90 valence electrons. The highest BCUT2D eigenvalue weighted by Crippen LogP contribution is 2.25. The number of furan rings is 2. The number of carboxylic acid groups (broad SMARTS) is 2. The van der Waals surface area contributed by atoms with Gasteiger partial charge in [0.2, 0.25) is 0 Å². The molecule has 0 aliphatic rings. The number of rotatable bonds is 2. The zero-order valence-corrected chi connectivity index (χ0v) is 9.43. The molecule has 17 heavy (non-hydrogen) atoms. The normalized spacial score (nSPS) is 10.5. The SMILES string of the molecule is Cc1cc2cc(C)c1o2.O=C(O)/C=C\C(=O)O. The molecule has 0 atom stereocenters. The van der Waals surface area contributed by atoms with Crippen molar-refractivity contribution in [1.29, 1.82) is 0 Å². The van der Waals surface area contributed by atoms with Crippen molar-refractivity contribution in [1.82, 2.24) is 0 Å². The van der Waals surface area contributed by atoms with E-state index in [1.165, 1.54) is 11.1 Å². The number of hydrogen-bond acceptors (Lipinski definition) is 3. The maximum atomic E-state index is 9.55. The van der Waals surface area contributed by atoms with Crippen LogP contribution in [-0.4, -0.2) is 22.2 Å². The maximum absolute atomic E-state index is 9.55. The molecule has 0 saturated carbocycles. The Balaban J connectivity index is 0.000000172. The molecule has 0 aromatic carbocycles. The lowest BCUT2D eigenvalue weighted by Crippen LogP contribution is -1.91. The van der Waals surface area contributed by atoms with E-state index in [4.69, 9.17) is 14.6 Å². The first-order valence-electron chi connectivity index (χ1n) is 4.83. The van der Waals surface area contributed by atoms with E-state index in [0.29, 0.717) is 12.2 Å². The molecule has 2 aromatic heterocycles. The zero-order chi connectivity index (χ0) is 13.0. The Bertz CT molecular complexity index is 507. The molecule has 5 nitrogen and oxygen atoms in total. The summed E-state index contributed by atoms with van der Waals surface area (Å²) in [5.41, 5.74) is 4.57. The van der Waals surface area contributed by atoms with Crippen molar-refractivity contribution in [3.63, 3.8) is 0 Å². The van der Waals surface area contributed by atoms with E-state index >= 15 is 0 Å². The standard InChI is InChI=1S/C8H8O.C4H4O4/c1-5-3-7-4-6(2)8(5)9-7;5-3(6)1-2-4(7)8/h3-4H,1-2H3;1-2H,(H,5,6)(H,7,8)/b;2-1-. The van der Waals surface area contributed by atoms with Gasteiger partial charge in [-0.1, -0.05) is 0 Å². The third-order valence-corrected chi connectivity index (χ3v) is 2.02. The Morgan fingerprint density at radius 1 is 1.06 bits per heavy atom. The van der Waals surface area contributed by atoms with Crippen molar-refractivity contribution in [2.75, 3.05) is 0 Å². The predicted molar refractivity (Wildman–Crippen MR) is 61.3 cm³/mol. The summed E-state index contributed by atoms with van der Waals surface area (Å²) >= 11 is 0. The molecular formula is C12H12O5. The van der Waals surface area contributed by atoms with E-state index in [9.17, 15) is 9.59 Å². The number of carboxylic acids is 2. The first-order chi connectivity index (χ1) is 7.90. The quantitative estimate of drug-likeness (QED) is 0.780. The van der Waals surface area contributed by atoms with Crippen LogP contribution in [0.2, 0.25) is 0 Å². The highest BCUT2D eigenvalue weighted by Gasteiger charge is 2.05. The molecule has 2 heterocycles. The third kappa shape index (κ3) is 3.64. The van der Waals surface area contributed by atoms with E-state index in [1.807, 2.05) is 0 Å². The summed E-state index contributed by atoms with van der Waals surface area (Å²) in [6.07, 6.45) is 1.12. The van der Waals surface area contributed by atoms with Crippen molar-refractivity contribution in [3.8, 4) is 0 Å². The number of carbonyl (C=O) groups is 2. The summed E-state index contributed by atoms with van der Waals surface area (Å²) in [7, 11) is 0. The van der Waals surface area contributed by atoms with Gasteiger partial charge >= 0.3 is 11.9 Å². The van der Waals surface area contributed by atoms with Gasteiger partial charge in [0.25, 0.3) is 0 Å². The second kappa shape index (κ2) is 5.16. The fourth-order valence-corrected chi connectivity index (χ4v) is 1.39. The summed E-state index contributed by atoms with van der Waals surface area (Å²) in [4.78, 5) is 19.1. The number of benzene rings is 1. The molecule has 0 radical (unpaired) electrons. The molecule has 2 rings (SSSR count). The maximum Gasteiger partial charge on any atom is 0.328 e. The summed E-state index contributed by atoms with van der Waals surface area (Å²) in [5, 5.41) is 15.6. The molecule has 0 fully saturated rings. The van der Waals surface area contributed by atoms with Crippen LogP contribution < -0.4 is 0 Å². The average Bonchev–Trinajstić information content (AvgIpc) is 2.73. The summed E-state index contributed by atoms with van der Waals surface area (Å²) in [6, 6.07) is 4.12. The number of fused-ring (bicyclic) bond motifs is 2. The summed E-state index contributed by atoms with van der Waals surface area (Å²) in [5.74, 6) is -2.51. The first-order valence-corrected chi connectivity index (χ1v) is 4.83. The molecular weight excluding hydrogens is 224 g/mol. The van der Waals surface area contributed by atoms with Gasteiger partial charge in [-0.3, -0.25) is 0 Å². The van der Waals surface area contributed by atoms with Crippen molar-refractivity contribution in [3.05, 3.63) is 35.4 Å². The third-order valence-electron chi connectivity index (χ3n) is 2.02. The second-order valence-electron chi connectivity index (χ2n) is 3.50. The lowest BCUT2D eigenvalue weighted by atomic mass is 10.2. The minimum absolute atomic E-state index is 0.558. The largest absolute Gasteiger partial charge is 0.478 e. The molecule has 2 bridgehead atoms. The van der Waals surface area contributed by atoms with Crippen molar-refractivity contribution in [2.45, 2.75) is 13.8 Å². The molecule has 0 spiro atoms. The van der Waals surface area contributed by atoms with Crippen LogP contribution in [0.25, 0.3) is 11.2 Å². The Labute approximate surface area is 97.3 Å². The summed E-state index contributed by atoms with van der Waals surface area (Å²) in [6.45, 7) is 4.14. The van der Waals surface area contributed by atoms with Crippen molar-refractivity contribution >= 4 is 23.1 Å². The van der Waals surface area contributed by atoms with Crippen LogP contribution in [0.5, 0.6) is 0 Å². The molecule has 5 heteroatoms. The minimum Gasteiger partial charge on any atom is -0.478 e. The number of hydrogen-bond donors (Lipinski definition) is 2. The Morgan fingerprint density at radius 3 is 1.65 bits per heavy atom. The molecule has 0 unspecified atom stereocenters. The van der Waals surface area contributed by atoms with E-state index in [1.54, 1.807) is 0 Å². The second-order valence-corrected chi connectivity index (χ2v) is 3.50. The van der Waals surface area contributed by atoms with Crippen LogP contribution in [-0.2, 0) is 9.59 Å². The lowest BCUT2D eigenvalue weighted by Gasteiger charge is -1.84. The van der Waals surface area contributed by atoms with Gasteiger partial charge in [0.05, 0.1) is 0 Å². The average molecular weight is 236 g/mol. The van der Waals surface area contributed by atoms with Crippen molar-refractivity contribution < 1.29 is 24.2 Å². The van der Waals surface area contributed by atoms with E-state index in [0.717, 1.165) is 11.2 Å². The van der Waals surface area contributed by atoms with Gasteiger partial charge in [0, 0.05) is 12.2 Å². The van der Waals surface area contributed by atoms with Gasteiger partial charge in [-0.25, -0.2) is 9.59 Å². The highest BCUT2D eigenvalue weighted by molar-refractivity contribution is 5.89. The Hall–Kier alpha value is -2.30. The van der Waals surface area contributed by atoms with E-state index in [2.05, 4.69) is 26.0 Å². The van der Waals surface area contributed by atoms with Crippen LogP contribution in [0.3, 0.4) is 0 Å². The predicted octanol–water partition coefficient (Wildman–Crippen LogP) is 2.20. The van der Waals surface area contributed by atoms with Crippen LogP contribution in [0.1, 0.15) is 11.1 Å². The highest BCUT2D eigenvalue weighted by atomic mass is 16.4. The van der Waals surface area contributed by atoms with Gasteiger partial charge in [-0.15, -0.1) is 0 Å². The van der Waals surface area contributed by atoms with Gasteiger partial charge in [0.15, 0.2) is 0 Å². The van der Waals surface area contributed by atoms with Gasteiger partial charge in [-0.05, 0) is 37.1 Å². The van der Waals surface area contributed by atoms with Crippen LogP contribution in [0.15, 0.2) is 28.7 Å². The Kier molecular flexibility index (Phi) is 3.87. The van der Waals surface area contributed by atoms with Gasteiger partial charge in [-0.2, -0.15) is 0 Å². The molecule has 0 aliphatic carbocycles. The smallest absolute Gasteiger partial charge is 0.328 e. The van der Waals surface area contributed by atoms with Crippen LogP contribution in [0.4, 0.5) is 0 Å². The van der Waals surface area contributed by atoms with Crippen LogP contribution >= 0.6 is 0 Å². The number of aryl methyl sites for hydroxylation is 2. The molecule has 0 amide bonds. The lowest BCUT2D eigenvalue weighted by molar-refractivity contribution is -0.134. The topological polar surface area (TPSA) is 87.7 Å². The minimum atomic E-state index is -1.26. The molecule has 2 N–H and O–H groups in total. The molecule has 0 aliphatic heterocycles. The molecule has 2 aromatic rings. The van der Waals surface area contributed by atoms with E-state index < -0.39 is 11.9 Å². The monoisotopic (exact) mass is 236 g/mol. The van der Waals surface area contributed by atoms with Crippen molar-refractivity contribution in [2.24, 2.45) is 0 Å². The fourth-order valence-electron chi connectivity index (χ4n) is 1.39. The van der Waals surface area contributed by atoms with Gasteiger partial charge in [0.1, 0.15) is 11.2 Å². The fraction of sp³-hybridized carbons (Fsp3) is 0.167. The number of aliphatic carboxylic acids is 2. The van der Waals surface area contributed by atoms with Crippen LogP contribution in [0, 0.1) is 13.8 Å². The summed E-state index contributed by atoms with van der Waals surface area (Å²) < 4.78 is 5.34. The Morgan fingerprint density at radius 2 is 1.47 bits per heavy atom. The zero-order valence-electron chi connectivity index (χ0n) is 9.43.